The molecule has 1 spiro atoms. The van der Waals surface area contributed by atoms with E-state index < -0.39 is 5.60 Å². The van der Waals surface area contributed by atoms with Crippen LogP contribution in [0.3, 0.4) is 0 Å². The Labute approximate surface area is 134 Å². The number of hydrogen-bond donors (Lipinski definition) is 0. The van der Waals surface area contributed by atoms with Crippen molar-refractivity contribution in [3.8, 4) is 0 Å². The maximum absolute atomic E-state index is 12.8. The summed E-state index contributed by atoms with van der Waals surface area (Å²) in [7, 11) is 0. The van der Waals surface area contributed by atoms with Crippen LogP contribution in [0.4, 0.5) is 0 Å². The van der Waals surface area contributed by atoms with Gasteiger partial charge in [0.2, 0.25) is 0 Å². The first-order chi connectivity index (χ1) is 11.2. The molecule has 4 rings (SSSR count). The van der Waals surface area contributed by atoms with Gasteiger partial charge in [-0.1, -0.05) is 6.07 Å². The van der Waals surface area contributed by atoms with Crippen LogP contribution in [0.5, 0.6) is 0 Å². The third-order valence-electron chi connectivity index (χ3n) is 4.79. The zero-order valence-corrected chi connectivity index (χ0v) is 12.8. The molecule has 3 heterocycles. The number of benzene rings is 1. The summed E-state index contributed by atoms with van der Waals surface area (Å²) in [6.45, 7) is 1.21. The number of rotatable bonds is 1. The maximum Gasteiger partial charge on any atom is 0.306 e. The van der Waals surface area contributed by atoms with Gasteiger partial charge in [-0.15, -0.1) is 0 Å². The lowest BCUT2D eigenvalue weighted by Gasteiger charge is -2.39. The van der Waals surface area contributed by atoms with E-state index in [1.165, 1.54) is 0 Å². The number of piperidine rings is 1. The molecule has 0 N–H and O–H groups in total. The molecule has 23 heavy (non-hydrogen) atoms. The second-order valence-corrected chi connectivity index (χ2v) is 6.40. The van der Waals surface area contributed by atoms with Crippen LogP contribution >= 0.6 is 0 Å². The highest BCUT2D eigenvalue weighted by molar-refractivity contribution is 5.98. The van der Waals surface area contributed by atoms with E-state index >= 15 is 0 Å². The van der Waals surface area contributed by atoms with Crippen molar-refractivity contribution < 1.29 is 14.3 Å². The number of amides is 1. The monoisotopic (exact) mass is 310 g/mol. The number of aromatic nitrogens is 1. The van der Waals surface area contributed by atoms with Crippen molar-refractivity contribution in [2.24, 2.45) is 0 Å². The third kappa shape index (κ3) is 2.56. The highest BCUT2D eigenvalue weighted by Gasteiger charge is 2.44. The summed E-state index contributed by atoms with van der Waals surface area (Å²) in [5.41, 5.74) is 1.08. The van der Waals surface area contributed by atoms with Crippen LogP contribution in [0.1, 0.15) is 36.0 Å². The van der Waals surface area contributed by atoms with E-state index in [1.54, 1.807) is 6.20 Å². The molecule has 0 bridgehead atoms. The van der Waals surface area contributed by atoms with Crippen LogP contribution in [0.15, 0.2) is 36.5 Å². The summed E-state index contributed by atoms with van der Waals surface area (Å²) in [6.07, 6.45) is 4.64. The molecule has 2 aliphatic rings. The predicted molar refractivity (Wildman–Crippen MR) is 84.9 cm³/mol. The first-order valence-corrected chi connectivity index (χ1v) is 8.01. The number of carbonyl (C=O) groups is 2. The molecule has 1 atom stereocenters. The fraction of sp³-hybridized carbons (Fsp3) is 0.389. The third-order valence-corrected chi connectivity index (χ3v) is 4.79. The van der Waals surface area contributed by atoms with Gasteiger partial charge in [0.1, 0.15) is 5.60 Å². The number of esters is 1. The average Bonchev–Trinajstić information content (AvgIpc) is 2.93. The standard InChI is InChI=1S/C18H18N2O3/c21-16-6-8-18(23-16)7-2-10-20(12-18)17(22)14-4-5-15-13(11-14)3-1-9-19-15/h1,3-5,9,11H,2,6-8,10,12H2/t18-/m1/s1. The molecule has 1 aromatic carbocycles. The minimum atomic E-state index is -0.455. The number of hydrogen-bond acceptors (Lipinski definition) is 4. The molecule has 2 aliphatic heterocycles. The number of carbonyl (C=O) groups excluding carboxylic acids is 2. The SMILES string of the molecule is O=C1CC[C@@]2(CCCN(C(=O)c3ccc4ncccc4c3)C2)O1. The molecule has 118 valence electrons. The summed E-state index contributed by atoms with van der Waals surface area (Å²) >= 11 is 0. The van der Waals surface area contributed by atoms with Crippen molar-refractivity contribution in [2.45, 2.75) is 31.3 Å². The molecule has 1 amide bonds. The van der Waals surface area contributed by atoms with Gasteiger partial charge < -0.3 is 9.64 Å². The summed E-state index contributed by atoms with van der Waals surface area (Å²) in [5, 5.41) is 0.956. The highest BCUT2D eigenvalue weighted by atomic mass is 16.6. The first-order valence-electron chi connectivity index (χ1n) is 8.01. The molecule has 5 nitrogen and oxygen atoms in total. The Hall–Kier alpha value is -2.43. The van der Waals surface area contributed by atoms with Crippen molar-refractivity contribution in [2.75, 3.05) is 13.1 Å². The second-order valence-electron chi connectivity index (χ2n) is 6.40. The van der Waals surface area contributed by atoms with Crippen LogP contribution in [-0.4, -0.2) is 40.5 Å². The Morgan fingerprint density at radius 3 is 3.00 bits per heavy atom. The van der Waals surface area contributed by atoms with Gasteiger partial charge in [0.25, 0.3) is 5.91 Å². The van der Waals surface area contributed by atoms with Crippen LogP contribution in [-0.2, 0) is 9.53 Å². The molecule has 0 radical (unpaired) electrons. The average molecular weight is 310 g/mol. The van der Waals surface area contributed by atoms with Gasteiger partial charge in [0, 0.05) is 30.1 Å². The number of fused-ring (bicyclic) bond motifs is 1. The van der Waals surface area contributed by atoms with Gasteiger partial charge in [-0.25, -0.2) is 0 Å². The van der Waals surface area contributed by atoms with Crippen molar-refractivity contribution in [3.63, 3.8) is 0 Å². The molecule has 0 aliphatic carbocycles. The minimum Gasteiger partial charge on any atom is -0.457 e. The largest absolute Gasteiger partial charge is 0.457 e. The topological polar surface area (TPSA) is 59.5 Å². The lowest BCUT2D eigenvalue weighted by Crippen LogP contribution is -2.50. The lowest BCUT2D eigenvalue weighted by atomic mass is 9.89. The fourth-order valence-electron chi connectivity index (χ4n) is 3.62. The van der Waals surface area contributed by atoms with E-state index in [9.17, 15) is 9.59 Å². The molecule has 1 aromatic heterocycles. The molecule has 2 fully saturated rings. The molecule has 2 aromatic rings. The van der Waals surface area contributed by atoms with Gasteiger partial charge >= 0.3 is 5.97 Å². The minimum absolute atomic E-state index is 0.00206. The number of likely N-dealkylation sites (tertiary alicyclic amines) is 1. The zero-order chi connectivity index (χ0) is 15.9. The quantitative estimate of drug-likeness (QED) is 0.760. The predicted octanol–water partition coefficient (Wildman–Crippen LogP) is 2.55. The molecular formula is C18H18N2O3. The molecule has 5 heteroatoms. The van der Waals surface area contributed by atoms with E-state index in [2.05, 4.69) is 4.98 Å². The van der Waals surface area contributed by atoms with Crippen molar-refractivity contribution in [1.29, 1.82) is 0 Å². The molecule has 2 saturated heterocycles. The van der Waals surface area contributed by atoms with Gasteiger partial charge in [0.05, 0.1) is 12.1 Å². The van der Waals surface area contributed by atoms with Crippen molar-refractivity contribution >= 4 is 22.8 Å². The van der Waals surface area contributed by atoms with E-state index in [4.69, 9.17) is 4.74 Å². The Morgan fingerprint density at radius 1 is 1.26 bits per heavy atom. The van der Waals surface area contributed by atoms with Crippen molar-refractivity contribution in [1.82, 2.24) is 9.88 Å². The van der Waals surface area contributed by atoms with Gasteiger partial charge in [0.15, 0.2) is 0 Å². The second kappa shape index (κ2) is 5.33. The zero-order valence-electron chi connectivity index (χ0n) is 12.8. The van der Waals surface area contributed by atoms with Crippen LogP contribution in [0.25, 0.3) is 10.9 Å². The molecular weight excluding hydrogens is 292 g/mol. The van der Waals surface area contributed by atoms with E-state index in [0.717, 1.165) is 30.2 Å². The van der Waals surface area contributed by atoms with E-state index in [-0.39, 0.29) is 11.9 Å². The maximum atomic E-state index is 12.8. The number of nitrogens with zero attached hydrogens (tertiary/aromatic N) is 2. The summed E-state index contributed by atoms with van der Waals surface area (Å²) < 4.78 is 5.53. The normalized spacial score (nSPS) is 24.2. The Kier molecular flexibility index (Phi) is 3.29. The van der Waals surface area contributed by atoms with E-state index in [0.29, 0.717) is 25.1 Å². The highest BCUT2D eigenvalue weighted by Crippen LogP contribution is 2.35. The summed E-state index contributed by atoms with van der Waals surface area (Å²) in [4.78, 5) is 30.4. The first kappa shape index (κ1) is 14.2. The van der Waals surface area contributed by atoms with Gasteiger partial charge in [-0.05, 0) is 43.5 Å². The smallest absolute Gasteiger partial charge is 0.306 e. The van der Waals surface area contributed by atoms with Gasteiger partial charge in [-0.2, -0.15) is 0 Å². The van der Waals surface area contributed by atoms with Crippen LogP contribution in [0.2, 0.25) is 0 Å². The molecule has 0 saturated carbocycles. The number of ether oxygens (including phenoxy) is 1. The Balaban J connectivity index is 1.58. The lowest BCUT2D eigenvalue weighted by molar-refractivity contribution is -0.151. The Bertz CT molecular complexity index is 789. The fourth-order valence-corrected chi connectivity index (χ4v) is 3.62. The van der Waals surface area contributed by atoms with Crippen LogP contribution < -0.4 is 0 Å². The van der Waals surface area contributed by atoms with Crippen LogP contribution in [0, 0.1) is 0 Å². The molecule has 0 unspecified atom stereocenters. The summed E-state index contributed by atoms with van der Waals surface area (Å²) in [5.74, 6) is -0.145. The number of pyridine rings is 1. The van der Waals surface area contributed by atoms with Gasteiger partial charge in [-0.3, -0.25) is 14.6 Å². The van der Waals surface area contributed by atoms with E-state index in [1.807, 2.05) is 35.2 Å². The summed E-state index contributed by atoms with van der Waals surface area (Å²) in [6, 6.07) is 9.39. The Morgan fingerprint density at radius 2 is 2.17 bits per heavy atom. The van der Waals surface area contributed by atoms with Crippen molar-refractivity contribution in [3.05, 3.63) is 42.1 Å².